The zero-order valence-corrected chi connectivity index (χ0v) is 23.8. The zero-order chi connectivity index (χ0) is 24.4. The number of rotatable bonds is 12. The highest BCUT2D eigenvalue weighted by molar-refractivity contribution is 5.85. The van der Waals surface area contributed by atoms with Crippen LogP contribution in [0.5, 0.6) is 5.75 Å². The number of anilines is 1. The van der Waals surface area contributed by atoms with Crippen molar-refractivity contribution in [1.82, 2.24) is 4.90 Å². The molecule has 0 unspecified atom stereocenters. The summed E-state index contributed by atoms with van der Waals surface area (Å²) in [7, 11) is 1.70. The van der Waals surface area contributed by atoms with Crippen molar-refractivity contribution in [3.8, 4) is 5.75 Å². The molecule has 202 valence electrons. The third-order valence-corrected chi connectivity index (χ3v) is 7.86. The second-order valence-corrected chi connectivity index (χ2v) is 11.3. The minimum atomic E-state index is 0. The van der Waals surface area contributed by atoms with E-state index >= 15 is 0 Å². The van der Waals surface area contributed by atoms with Crippen LogP contribution in [0.3, 0.4) is 0 Å². The van der Waals surface area contributed by atoms with Crippen LogP contribution in [0.4, 0.5) is 5.69 Å². The van der Waals surface area contributed by atoms with E-state index in [2.05, 4.69) is 55.7 Å². The maximum atomic E-state index is 6.09. The molecule has 6 heteroatoms. The average molecular weight is 511 g/mol. The Morgan fingerprint density at radius 3 is 2.23 bits per heavy atom. The van der Waals surface area contributed by atoms with E-state index in [1.165, 1.54) is 56.3 Å². The van der Waals surface area contributed by atoms with Crippen molar-refractivity contribution < 1.29 is 14.2 Å². The van der Waals surface area contributed by atoms with Gasteiger partial charge in [-0.05, 0) is 67.5 Å². The standard InChI is InChI=1S/C29H50N2O3.ClH/c1-6-7-14-30-15-17-31(18-16-30)28-23-26(34-22-21-33-20-19-32-5)12-13-27(28)24-8-10-25(11-9-24)29(2,3)4;/h12-13,23-25H,6-11,14-22H2,1-5H3;1H. The molecule has 3 rings (SSSR count). The molecule has 1 aliphatic carbocycles. The fourth-order valence-corrected chi connectivity index (χ4v) is 5.56. The largest absolute Gasteiger partial charge is 0.491 e. The summed E-state index contributed by atoms with van der Waals surface area (Å²) in [5.41, 5.74) is 3.37. The highest BCUT2D eigenvalue weighted by atomic mass is 35.5. The Labute approximate surface area is 221 Å². The van der Waals surface area contributed by atoms with E-state index in [0.29, 0.717) is 37.8 Å². The minimum Gasteiger partial charge on any atom is -0.491 e. The molecule has 0 aromatic heterocycles. The zero-order valence-electron chi connectivity index (χ0n) is 23.0. The lowest BCUT2D eigenvalue weighted by atomic mass is 9.68. The first-order valence-electron chi connectivity index (χ1n) is 13.7. The topological polar surface area (TPSA) is 34.2 Å². The summed E-state index contributed by atoms with van der Waals surface area (Å²) in [4.78, 5) is 5.25. The SMILES string of the molecule is CCCCN1CCN(c2cc(OCCOCCOC)ccc2C2CCC(C(C)(C)C)CC2)CC1.Cl. The van der Waals surface area contributed by atoms with E-state index in [0.717, 1.165) is 37.8 Å². The summed E-state index contributed by atoms with van der Waals surface area (Å²) in [6, 6.07) is 6.85. The maximum Gasteiger partial charge on any atom is 0.121 e. The van der Waals surface area contributed by atoms with Crippen LogP contribution in [0.2, 0.25) is 0 Å². The van der Waals surface area contributed by atoms with Crippen LogP contribution >= 0.6 is 12.4 Å². The van der Waals surface area contributed by atoms with Crippen LogP contribution < -0.4 is 9.64 Å². The quantitative estimate of drug-likeness (QED) is 0.304. The van der Waals surface area contributed by atoms with E-state index in [-0.39, 0.29) is 12.4 Å². The van der Waals surface area contributed by atoms with Crippen LogP contribution in [0.15, 0.2) is 18.2 Å². The average Bonchev–Trinajstić information content (AvgIpc) is 2.84. The molecular formula is C29H51ClN2O3. The normalized spacial score (nSPS) is 21.6. The number of nitrogens with zero attached hydrogens (tertiary/aromatic N) is 2. The van der Waals surface area contributed by atoms with Crippen molar-refractivity contribution >= 4 is 18.1 Å². The monoisotopic (exact) mass is 510 g/mol. The second kappa shape index (κ2) is 15.3. The molecule has 0 atom stereocenters. The van der Waals surface area contributed by atoms with E-state index in [1.54, 1.807) is 7.11 Å². The Morgan fingerprint density at radius 1 is 0.914 bits per heavy atom. The number of ether oxygens (including phenoxy) is 3. The van der Waals surface area contributed by atoms with Gasteiger partial charge in [-0.15, -0.1) is 12.4 Å². The number of benzene rings is 1. The molecule has 1 saturated heterocycles. The number of piperazine rings is 1. The smallest absolute Gasteiger partial charge is 0.121 e. The second-order valence-electron chi connectivity index (χ2n) is 11.3. The third kappa shape index (κ3) is 9.42. The van der Waals surface area contributed by atoms with Crippen molar-refractivity contribution in [2.75, 3.05) is 71.2 Å². The van der Waals surface area contributed by atoms with Gasteiger partial charge in [-0.2, -0.15) is 0 Å². The molecule has 0 radical (unpaired) electrons. The van der Waals surface area contributed by atoms with Gasteiger partial charge >= 0.3 is 0 Å². The van der Waals surface area contributed by atoms with Gasteiger partial charge in [-0.3, -0.25) is 4.90 Å². The lowest BCUT2D eigenvalue weighted by Crippen LogP contribution is -2.47. The van der Waals surface area contributed by atoms with Crippen molar-refractivity contribution in [1.29, 1.82) is 0 Å². The molecule has 2 fully saturated rings. The summed E-state index contributed by atoms with van der Waals surface area (Å²) in [6.07, 6.45) is 7.87. The Hall–Kier alpha value is -1.01. The molecule has 5 nitrogen and oxygen atoms in total. The first-order chi connectivity index (χ1) is 16.4. The summed E-state index contributed by atoms with van der Waals surface area (Å²) >= 11 is 0. The van der Waals surface area contributed by atoms with Gasteiger partial charge in [0.25, 0.3) is 0 Å². The Balaban J connectivity index is 0.00000432. The number of methoxy groups -OCH3 is 1. The minimum absolute atomic E-state index is 0. The first-order valence-corrected chi connectivity index (χ1v) is 13.7. The molecule has 0 bridgehead atoms. The summed E-state index contributed by atoms with van der Waals surface area (Å²) in [5.74, 6) is 2.47. The van der Waals surface area contributed by atoms with Crippen LogP contribution in [-0.2, 0) is 9.47 Å². The van der Waals surface area contributed by atoms with Gasteiger partial charge in [0.15, 0.2) is 0 Å². The summed E-state index contributed by atoms with van der Waals surface area (Å²) < 4.78 is 16.7. The predicted octanol–water partition coefficient (Wildman–Crippen LogP) is 6.39. The highest BCUT2D eigenvalue weighted by Gasteiger charge is 2.32. The van der Waals surface area contributed by atoms with Crippen LogP contribution in [-0.4, -0.2) is 71.2 Å². The summed E-state index contributed by atoms with van der Waals surface area (Å²) in [6.45, 7) is 17.7. The fourth-order valence-electron chi connectivity index (χ4n) is 5.56. The van der Waals surface area contributed by atoms with E-state index < -0.39 is 0 Å². The van der Waals surface area contributed by atoms with E-state index in [4.69, 9.17) is 14.2 Å². The van der Waals surface area contributed by atoms with Crippen LogP contribution in [0, 0.1) is 11.3 Å². The van der Waals surface area contributed by atoms with Crippen molar-refractivity contribution in [2.45, 2.75) is 72.1 Å². The summed E-state index contributed by atoms with van der Waals surface area (Å²) in [5, 5.41) is 0. The number of hydrogen-bond acceptors (Lipinski definition) is 5. The Morgan fingerprint density at radius 2 is 1.60 bits per heavy atom. The molecule has 0 amide bonds. The number of unbranched alkanes of at least 4 members (excludes halogenated alkanes) is 1. The van der Waals surface area contributed by atoms with Gasteiger partial charge in [-0.25, -0.2) is 0 Å². The molecule has 1 heterocycles. The molecule has 1 aromatic rings. The van der Waals surface area contributed by atoms with Gasteiger partial charge in [0.1, 0.15) is 12.4 Å². The lowest BCUT2D eigenvalue weighted by Gasteiger charge is -2.40. The number of hydrogen-bond donors (Lipinski definition) is 0. The molecule has 35 heavy (non-hydrogen) atoms. The third-order valence-electron chi connectivity index (χ3n) is 7.86. The molecule has 1 saturated carbocycles. The van der Waals surface area contributed by atoms with Gasteiger partial charge < -0.3 is 19.1 Å². The van der Waals surface area contributed by atoms with Gasteiger partial charge in [0, 0.05) is 45.0 Å². The predicted molar refractivity (Wildman–Crippen MR) is 150 cm³/mol. The molecular weight excluding hydrogens is 460 g/mol. The molecule has 1 aliphatic heterocycles. The fraction of sp³-hybridized carbons (Fsp3) is 0.793. The molecule has 0 N–H and O–H groups in total. The van der Waals surface area contributed by atoms with Gasteiger partial charge in [-0.1, -0.05) is 40.2 Å². The number of halogens is 1. The van der Waals surface area contributed by atoms with E-state index in [1.807, 2.05) is 0 Å². The van der Waals surface area contributed by atoms with Gasteiger partial charge in [0.05, 0.1) is 19.8 Å². The van der Waals surface area contributed by atoms with Crippen molar-refractivity contribution in [3.05, 3.63) is 23.8 Å². The molecule has 1 aromatic carbocycles. The maximum absolute atomic E-state index is 6.09. The molecule has 2 aliphatic rings. The van der Waals surface area contributed by atoms with E-state index in [9.17, 15) is 0 Å². The first kappa shape index (κ1) is 30.2. The van der Waals surface area contributed by atoms with Crippen molar-refractivity contribution in [3.63, 3.8) is 0 Å². The Kier molecular flexibility index (Phi) is 13.2. The van der Waals surface area contributed by atoms with Crippen LogP contribution in [0.1, 0.15) is 77.7 Å². The lowest BCUT2D eigenvalue weighted by molar-refractivity contribution is 0.0544. The van der Waals surface area contributed by atoms with Gasteiger partial charge in [0.2, 0.25) is 0 Å². The van der Waals surface area contributed by atoms with Crippen LogP contribution in [0.25, 0.3) is 0 Å². The molecule has 0 spiro atoms. The highest BCUT2D eigenvalue weighted by Crippen LogP contribution is 2.45. The Bertz CT molecular complexity index is 708. The van der Waals surface area contributed by atoms with Crippen molar-refractivity contribution in [2.24, 2.45) is 11.3 Å².